The number of nitrogens with two attached hydrogens (primary N) is 1. The minimum atomic E-state index is -0.474. The molecule has 94 valence electrons. The van der Waals surface area contributed by atoms with Crippen molar-refractivity contribution in [3.63, 3.8) is 0 Å². The van der Waals surface area contributed by atoms with E-state index in [0.29, 0.717) is 17.6 Å². The summed E-state index contributed by atoms with van der Waals surface area (Å²) in [5.41, 5.74) is 7.49. The van der Waals surface area contributed by atoms with Crippen molar-refractivity contribution in [2.45, 2.75) is 6.92 Å². The Balaban J connectivity index is 2.33. The maximum atomic E-state index is 11.5. The number of fused-ring (bicyclic) bond motifs is 1. The van der Waals surface area contributed by atoms with Crippen LogP contribution in [0, 0.1) is 0 Å². The van der Waals surface area contributed by atoms with Gasteiger partial charge in [-0.15, -0.1) is 0 Å². The summed E-state index contributed by atoms with van der Waals surface area (Å²) in [5, 5.41) is 2.99. The van der Waals surface area contributed by atoms with Gasteiger partial charge in [0.05, 0.1) is 17.6 Å². The molecule has 0 atom stereocenters. The normalized spacial score (nSPS) is 10.3. The fourth-order valence-electron chi connectivity index (χ4n) is 1.53. The van der Waals surface area contributed by atoms with Gasteiger partial charge in [0.1, 0.15) is 0 Å². The van der Waals surface area contributed by atoms with E-state index in [0.717, 1.165) is 5.69 Å². The number of carbonyl (C=O) groups excluding carboxylic acids is 1. The molecule has 2 rings (SSSR count). The van der Waals surface area contributed by atoms with Gasteiger partial charge in [0.25, 0.3) is 0 Å². The molecule has 6 nitrogen and oxygen atoms in total. The Hall–Kier alpha value is -2.15. The summed E-state index contributed by atoms with van der Waals surface area (Å²) in [5.74, 6) is -0.295. The van der Waals surface area contributed by atoms with Gasteiger partial charge in [-0.25, -0.2) is 9.78 Å². The van der Waals surface area contributed by atoms with Crippen molar-refractivity contribution >= 4 is 40.0 Å². The standard InChI is InChI=1S/C11H12N4O2S/c1-2-17-10(16)9-14-7-4-3-6(13-11(12)18)5-8(7)15-9/h3-5H,2H2,1H3,(H,14,15)(H3,12,13,18). The van der Waals surface area contributed by atoms with Crippen molar-refractivity contribution in [1.29, 1.82) is 0 Å². The van der Waals surface area contributed by atoms with Crippen LogP contribution >= 0.6 is 12.2 Å². The first-order valence-corrected chi connectivity index (χ1v) is 5.74. The van der Waals surface area contributed by atoms with E-state index in [2.05, 4.69) is 15.3 Å². The number of carbonyl (C=O) groups is 1. The Morgan fingerprint density at radius 3 is 3.06 bits per heavy atom. The van der Waals surface area contributed by atoms with Gasteiger partial charge in [-0.2, -0.15) is 0 Å². The highest BCUT2D eigenvalue weighted by Gasteiger charge is 2.12. The number of anilines is 1. The second kappa shape index (κ2) is 5.01. The fraction of sp³-hybridized carbons (Fsp3) is 0.182. The lowest BCUT2D eigenvalue weighted by molar-refractivity contribution is 0.0514. The van der Waals surface area contributed by atoms with Crippen molar-refractivity contribution in [3.8, 4) is 0 Å². The zero-order chi connectivity index (χ0) is 13.1. The second-order valence-corrected chi connectivity index (χ2v) is 3.97. The number of hydrogen-bond acceptors (Lipinski definition) is 4. The van der Waals surface area contributed by atoms with E-state index in [4.69, 9.17) is 22.7 Å². The minimum Gasteiger partial charge on any atom is -0.460 e. The van der Waals surface area contributed by atoms with Crippen LogP contribution in [0.5, 0.6) is 0 Å². The van der Waals surface area contributed by atoms with E-state index in [9.17, 15) is 4.79 Å². The highest BCUT2D eigenvalue weighted by Crippen LogP contribution is 2.17. The van der Waals surface area contributed by atoms with Crippen LogP contribution in [0.2, 0.25) is 0 Å². The third-order valence-electron chi connectivity index (χ3n) is 2.22. The lowest BCUT2D eigenvalue weighted by atomic mass is 10.3. The largest absolute Gasteiger partial charge is 0.460 e. The van der Waals surface area contributed by atoms with Crippen LogP contribution in [-0.2, 0) is 4.74 Å². The number of aromatic nitrogens is 2. The van der Waals surface area contributed by atoms with Crippen LogP contribution in [0.3, 0.4) is 0 Å². The van der Waals surface area contributed by atoms with Gasteiger partial charge in [0.2, 0.25) is 5.82 Å². The number of nitrogens with zero attached hydrogens (tertiary/aromatic N) is 1. The maximum Gasteiger partial charge on any atom is 0.374 e. The average Bonchev–Trinajstić information content (AvgIpc) is 2.71. The Bertz CT molecular complexity index is 608. The van der Waals surface area contributed by atoms with Crippen LogP contribution in [-0.4, -0.2) is 27.7 Å². The van der Waals surface area contributed by atoms with Gasteiger partial charge in [-0.3, -0.25) is 0 Å². The van der Waals surface area contributed by atoms with Crippen LogP contribution in [0.25, 0.3) is 11.0 Å². The van der Waals surface area contributed by atoms with Gasteiger partial charge in [0, 0.05) is 5.69 Å². The molecule has 18 heavy (non-hydrogen) atoms. The van der Waals surface area contributed by atoms with Gasteiger partial charge < -0.3 is 20.8 Å². The van der Waals surface area contributed by atoms with Crippen LogP contribution < -0.4 is 11.1 Å². The molecule has 7 heteroatoms. The number of hydrogen-bond donors (Lipinski definition) is 3. The molecule has 0 saturated carbocycles. The second-order valence-electron chi connectivity index (χ2n) is 3.53. The molecule has 0 amide bonds. The lowest BCUT2D eigenvalue weighted by Crippen LogP contribution is -2.18. The summed E-state index contributed by atoms with van der Waals surface area (Å²) in [7, 11) is 0. The van der Waals surface area contributed by atoms with Gasteiger partial charge >= 0.3 is 5.97 Å². The molecule has 0 unspecified atom stereocenters. The maximum absolute atomic E-state index is 11.5. The molecule has 0 spiro atoms. The van der Waals surface area contributed by atoms with Crippen LogP contribution in [0.1, 0.15) is 17.5 Å². The zero-order valence-corrected chi connectivity index (χ0v) is 10.5. The van der Waals surface area contributed by atoms with E-state index in [1.165, 1.54) is 0 Å². The number of nitrogens with one attached hydrogen (secondary N) is 2. The monoisotopic (exact) mass is 264 g/mol. The molecule has 0 fully saturated rings. The Labute approximate surface area is 109 Å². The van der Waals surface area contributed by atoms with Gasteiger partial charge in [-0.1, -0.05) is 0 Å². The van der Waals surface area contributed by atoms with Crippen LogP contribution in [0.15, 0.2) is 18.2 Å². The number of H-pyrrole nitrogens is 1. The molecule has 0 aliphatic heterocycles. The van der Waals surface area contributed by atoms with E-state index in [1.807, 2.05) is 0 Å². The first-order chi connectivity index (χ1) is 8.60. The smallest absolute Gasteiger partial charge is 0.374 e. The van der Waals surface area contributed by atoms with E-state index < -0.39 is 5.97 Å². The van der Waals surface area contributed by atoms with E-state index in [-0.39, 0.29) is 10.9 Å². The summed E-state index contributed by atoms with van der Waals surface area (Å²) in [6.07, 6.45) is 0. The SMILES string of the molecule is CCOC(=O)c1nc2ccc(NC(N)=S)cc2[nH]1. The Morgan fingerprint density at radius 2 is 2.39 bits per heavy atom. The third kappa shape index (κ3) is 2.57. The predicted octanol–water partition coefficient (Wildman–Crippen LogP) is 1.40. The number of aromatic amines is 1. The highest BCUT2D eigenvalue weighted by atomic mass is 32.1. The van der Waals surface area contributed by atoms with Crippen molar-refractivity contribution in [1.82, 2.24) is 9.97 Å². The fourth-order valence-corrected chi connectivity index (χ4v) is 1.64. The molecule has 1 aromatic heterocycles. The molecular weight excluding hydrogens is 252 g/mol. The zero-order valence-electron chi connectivity index (χ0n) is 9.69. The Morgan fingerprint density at radius 1 is 1.61 bits per heavy atom. The number of benzene rings is 1. The molecule has 0 saturated heterocycles. The van der Waals surface area contributed by atoms with Crippen molar-refractivity contribution in [2.75, 3.05) is 11.9 Å². The number of esters is 1. The lowest BCUT2D eigenvalue weighted by Gasteiger charge is -2.02. The third-order valence-corrected chi connectivity index (χ3v) is 2.32. The van der Waals surface area contributed by atoms with Crippen molar-refractivity contribution in [2.24, 2.45) is 5.73 Å². The molecule has 0 bridgehead atoms. The first-order valence-electron chi connectivity index (χ1n) is 5.33. The number of thiocarbonyl (C=S) groups is 1. The molecule has 0 radical (unpaired) electrons. The Kier molecular flexibility index (Phi) is 3.42. The van der Waals surface area contributed by atoms with E-state index >= 15 is 0 Å². The van der Waals surface area contributed by atoms with Gasteiger partial charge in [0.15, 0.2) is 5.11 Å². The first kappa shape index (κ1) is 12.3. The quantitative estimate of drug-likeness (QED) is 0.573. The summed E-state index contributed by atoms with van der Waals surface area (Å²) < 4.78 is 4.86. The molecule has 2 aromatic rings. The summed E-state index contributed by atoms with van der Waals surface area (Å²) in [6, 6.07) is 5.30. The number of imidazole rings is 1. The topological polar surface area (TPSA) is 93.0 Å². The molecule has 1 heterocycles. The molecular formula is C11H12N4O2S. The highest BCUT2D eigenvalue weighted by molar-refractivity contribution is 7.80. The summed E-state index contributed by atoms with van der Waals surface area (Å²) in [6.45, 7) is 2.05. The molecule has 1 aromatic carbocycles. The summed E-state index contributed by atoms with van der Waals surface area (Å²) >= 11 is 4.75. The van der Waals surface area contributed by atoms with Crippen LogP contribution in [0.4, 0.5) is 5.69 Å². The van der Waals surface area contributed by atoms with E-state index in [1.54, 1.807) is 25.1 Å². The average molecular weight is 264 g/mol. The molecule has 0 aliphatic carbocycles. The predicted molar refractivity (Wildman–Crippen MR) is 72.5 cm³/mol. The van der Waals surface area contributed by atoms with Crippen molar-refractivity contribution in [3.05, 3.63) is 24.0 Å². The summed E-state index contributed by atoms with van der Waals surface area (Å²) in [4.78, 5) is 18.5. The minimum absolute atomic E-state index is 0.180. The number of rotatable bonds is 3. The number of ether oxygens (including phenoxy) is 1. The molecule has 0 aliphatic rings. The van der Waals surface area contributed by atoms with Crippen molar-refractivity contribution < 1.29 is 9.53 Å². The molecule has 4 N–H and O–H groups in total. The van der Waals surface area contributed by atoms with Gasteiger partial charge in [-0.05, 0) is 37.3 Å².